The van der Waals surface area contributed by atoms with Crippen molar-refractivity contribution in [3.05, 3.63) is 59.2 Å². The number of piperazine rings is 1. The van der Waals surface area contributed by atoms with Crippen LogP contribution in [-0.4, -0.2) is 49.3 Å². The van der Waals surface area contributed by atoms with Crippen LogP contribution in [0.5, 0.6) is 0 Å². The van der Waals surface area contributed by atoms with Gasteiger partial charge >= 0.3 is 0 Å². The van der Waals surface area contributed by atoms with Gasteiger partial charge in [0.15, 0.2) is 5.78 Å². The highest BCUT2D eigenvalue weighted by molar-refractivity contribution is 5.95. The first-order valence-corrected chi connectivity index (χ1v) is 9.88. The third-order valence-corrected chi connectivity index (χ3v) is 5.52. The summed E-state index contributed by atoms with van der Waals surface area (Å²) < 4.78 is 0. The summed E-state index contributed by atoms with van der Waals surface area (Å²) in [4.78, 5) is 28.3. The summed E-state index contributed by atoms with van der Waals surface area (Å²) in [5.74, 6) is 0.0328. The molecular weight excluding hydrogens is 350 g/mol. The molecular formula is C23H29N3O2. The number of carbonyl (C=O) groups is 2. The minimum Gasteiger partial charge on any atom is -0.369 e. The number of hydrogen-bond donors (Lipinski definition) is 1. The molecule has 1 heterocycles. The molecule has 148 valence electrons. The molecule has 0 radical (unpaired) electrons. The molecule has 2 aromatic carbocycles. The molecule has 0 aromatic heterocycles. The third-order valence-electron chi connectivity index (χ3n) is 5.52. The van der Waals surface area contributed by atoms with E-state index in [4.69, 9.17) is 0 Å². The second-order valence-corrected chi connectivity index (χ2v) is 7.48. The first-order valence-electron chi connectivity index (χ1n) is 9.88. The van der Waals surface area contributed by atoms with Gasteiger partial charge in [0.2, 0.25) is 5.91 Å². The van der Waals surface area contributed by atoms with Crippen LogP contribution < -0.4 is 10.2 Å². The zero-order valence-electron chi connectivity index (χ0n) is 17.0. The van der Waals surface area contributed by atoms with Gasteiger partial charge in [-0.05, 0) is 62.2 Å². The molecule has 0 atom stereocenters. The van der Waals surface area contributed by atoms with Gasteiger partial charge in [0.05, 0.1) is 0 Å². The molecule has 5 nitrogen and oxygen atoms in total. The number of nitrogens with one attached hydrogen (secondary N) is 1. The van der Waals surface area contributed by atoms with Crippen LogP contribution in [0.4, 0.5) is 11.4 Å². The van der Waals surface area contributed by atoms with E-state index in [1.807, 2.05) is 0 Å². The van der Waals surface area contributed by atoms with E-state index in [0.717, 1.165) is 38.4 Å². The molecule has 1 saturated heterocycles. The summed E-state index contributed by atoms with van der Waals surface area (Å²) >= 11 is 0. The molecule has 1 aliphatic heterocycles. The average Bonchev–Trinajstić information content (AvgIpc) is 2.69. The number of amides is 1. The SMILES string of the molecule is CC(=O)c1ccc(NC(=O)CCN2CCN(c3cccc(C)c3C)CC2)cc1. The van der Waals surface area contributed by atoms with E-state index in [-0.39, 0.29) is 11.7 Å². The number of aryl methyl sites for hydroxylation is 1. The molecule has 28 heavy (non-hydrogen) atoms. The Morgan fingerprint density at radius 3 is 2.29 bits per heavy atom. The maximum absolute atomic E-state index is 12.2. The molecule has 2 aromatic rings. The van der Waals surface area contributed by atoms with Gasteiger partial charge in [0.25, 0.3) is 0 Å². The van der Waals surface area contributed by atoms with Gasteiger partial charge in [-0.1, -0.05) is 12.1 Å². The van der Waals surface area contributed by atoms with Crippen LogP contribution in [0, 0.1) is 13.8 Å². The number of benzene rings is 2. The van der Waals surface area contributed by atoms with Crippen LogP contribution in [0.3, 0.4) is 0 Å². The lowest BCUT2D eigenvalue weighted by Crippen LogP contribution is -2.47. The van der Waals surface area contributed by atoms with Gasteiger partial charge in [0, 0.05) is 56.1 Å². The molecule has 0 bridgehead atoms. The van der Waals surface area contributed by atoms with Crippen molar-refractivity contribution < 1.29 is 9.59 Å². The van der Waals surface area contributed by atoms with Crippen molar-refractivity contribution in [2.75, 3.05) is 42.9 Å². The molecule has 5 heteroatoms. The Labute approximate surface area is 167 Å². The van der Waals surface area contributed by atoms with Crippen LogP contribution in [0.1, 0.15) is 34.8 Å². The number of nitrogens with zero attached hydrogens (tertiary/aromatic N) is 2. The summed E-state index contributed by atoms with van der Waals surface area (Å²) in [7, 11) is 0. The van der Waals surface area contributed by atoms with Gasteiger partial charge in [-0.25, -0.2) is 0 Å². The van der Waals surface area contributed by atoms with E-state index in [2.05, 4.69) is 47.2 Å². The maximum Gasteiger partial charge on any atom is 0.225 e. The van der Waals surface area contributed by atoms with Crippen LogP contribution in [0.15, 0.2) is 42.5 Å². The quantitative estimate of drug-likeness (QED) is 0.779. The van der Waals surface area contributed by atoms with Crippen molar-refractivity contribution in [2.45, 2.75) is 27.2 Å². The Morgan fingerprint density at radius 1 is 0.964 bits per heavy atom. The predicted octanol–water partition coefficient (Wildman–Crippen LogP) is 3.66. The lowest BCUT2D eigenvalue weighted by atomic mass is 10.1. The number of ketones is 1. The van der Waals surface area contributed by atoms with Crippen molar-refractivity contribution in [1.29, 1.82) is 0 Å². The zero-order chi connectivity index (χ0) is 20.1. The van der Waals surface area contributed by atoms with Crippen molar-refractivity contribution in [1.82, 2.24) is 4.90 Å². The Hall–Kier alpha value is -2.66. The molecule has 1 N–H and O–H groups in total. The van der Waals surface area contributed by atoms with E-state index in [9.17, 15) is 9.59 Å². The predicted molar refractivity (Wildman–Crippen MR) is 114 cm³/mol. The van der Waals surface area contributed by atoms with Gasteiger partial charge in [0.1, 0.15) is 0 Å². The van der Waals surface area contributed by atoms with Crippen molar-refractivity contribution in [3.63, 3.8) is 0 Å². The molecule has 3 rings (SSSR count). The summed E-state index contributed by atoms with van der Waals surface area (Å²) in [5.41, 5.74) is 5.39. The Kier molecular flexibility index (Phi) is 6.47. The highest BCUT2D eigenvalue weighted by Crippen LogP contribution is 2.23. The number of hydrogen-bond acceptors (Lipinski definition) is 4. The van der Waals surface area contributed by atoms with E-state index in [1.54, 1.807) is 24.3 Å². The fraction of sp³-hybridized carbons (Fsp3) is 0.391. The smallest absolute Gasteiger partial charge is 0.225 e. The van der Waals surface area contributed by atoms with E-state index in [0.29, 0.717) is 12.0 Å². The minimum atomic E-state index is 0.00698. The van der Waals surface area contributed by atoms with Gasteiger partial charge < -0.3 is 10.2 Å². The number of anilines is 2. The normalized spacial score (nSPS) is 14.8. The van der Waals surface area contributed by atoms with E-state index >= 15 is 0 Å². The lowest BCUT2D eigenvalue weighted by Gasteiger charge is -2.37. The second kappa shape index (κ2) is 9.02. The van der Waals surface area contributed by atoms with Crippen LogP contribution >= 0.6 is 0 Å². The molecule has 1 amide bonds. The largest absolute Gasteiger partial charge is 0.369 e. The van der Waals surface area contributed by atoms with E-state index in [1.165, 1.54) is 23.7 Å². The topological polar surface area (TPSA) is 52.7 Å². The first kappa shape index (κ1) is 20.1. The van der Waals surface area contributed by atoms with Crippen LogP contribution in [0.25, 0.3) is 0 Å². The maximum atomic E-state index is 12.2. The molecule has 1 aliphatic rings. The Balaban J connectivity index is 1.44. The van der Waals surface area contributed by atoms with Crippen molar-refractivity contribution >= 4 is 23.1 Å². The minimum absolute atomic E-state index is 0.00698. The molecule has 0 spiro atoms. The summed E-state index contributed by atoms with van der Waals surface area (Å²) in [6, 6.07) is 13.5. The highest BCUT2D eigenvalue weighted by Gasteiger charge is 2.19. The zero-order valence-corrected chi connectivity index (χ0v) is 17.0. The monoisotopic (exact) mass is 379 g/mol. The molecule has 0 aliphatic carbocycles. The summed E-state index contributed by atoms with van der Waals surface area (Å²) in [6.45, 7) is 10.5. The fourth-order valence-corrected chi connectivity index (χ4v) is 3.56. The van der Waals surface area contributed by atoms with Gasteiger partial charge in [-0.15, -0.1) is 0 Å². The van der Waals surface area contributed by atoms with Crippen LogP contribution in [0.2, 0.25) is 0 Å². The highest BCUT2D eigenvalue weighted by atomic mass is 16.1. The number of rotatable bonds is 6. The summed E-state index contributed by atoms with van der Waals surface area (Å²) in [5, 5.41) is 2.91. The average molecular weight is 380 g/mol. The van der Waals surface area contributed by atoms with Crippen LogP contribution in [-0.2, 0) is 4.79 Å². The number of carbonyl (C=O) groups excluding carboxylic acids is 2. The van der Waals surface area contributed by atoms with Gasteiger partial charge in [-0.2, -0.15) is 0 Å². The Bertz CT molecular complexity index is 837. The summed E-state index contributed by atoms with van der Waals surface area (Å²) in [6.07, 6.45) is 0.470. The third kappa shape index (κ3) is 4.98. The Morgan fingerprint density at radius 2 is 1.64 bits per heavy atom. The van der Waals surface area contributed by atoms with E-state index < -0.39 is 0 Å². The molecule has 0 saturated carbocycles. The van der Waals surface area contributed by atoms with Crippen molar-refractivity contribution in [3.8, 4) is 0 Å². The van der Waals surface area contributed by atoms with Crippen molar-refractivity contribution in [2.24, 2.45) is 0 Å². The second-order valence-electron chi connectivity index (χ2n) is 7.48. The number of Topliss-reactive ketones (excluding diaryl/α,β-unsaturated/α-hetero) is 1. The molecule has 1 fully saturated rings. The van der Waals surface area contributed by atoms with Gasteiger partial charge in [-0.3, -0.25) is 14.5 Å². The fourth-order valence-electron chi connectivity index (χ4n) is 3.56. The first-order chi connectivity index (χ1) is 13.4. The lowest BCUT2D eigenvalue weighted by molar-refractivity contribution is -0.116. The standard InChI is InChI=1S/C23H29N3O2/c1-17-5-4-6-22(18(17)2)26-15-13-25(14-16-26)12-11-23(28)24-21-9-7-20(8-10-21)19(3)27/h4-10H,11-16H2,1-3H3,(H,24,28). The molecule has 0 unspecified atom stereocenters.